The lowest BCUT2D eigenvalue weighted by atomic mass is 10.4. The number of hydrogen-bond acceptors (Lipinski definition) is 2. The van der Waals surface area contributed by atoms with Crippen molar-refractivity contribution in [2.24, 2.45) is 0 Å². The molecule has 1 heterocycles. The Hall–Kier alpha value is 0.180. The first-order chi connectivity index (χ1) is 3.39. The Balaban J connectivity index is 2.51. The van der Waals surface area contributed by atoms with Gasteiger partial charge >= 0.3 is 0 Å². The molecule has 0 bridgehead atoms. The lowest BCUT2D eigenvalue weighted by Crippen LogP contribution is -1.89. The summed E-state index contributed by atoms with van der Waals surface area (Å²) in [5, 5.41) is 0. The van der Waals surface area contributed by atoms with Crippen LogP contribution < -0.4 is 0 Å². The number of thioether (sulfide) groups is 1. The van der Waals surface area contributed by atoms with Gasteiger partial charge in [-0.1, -0.05) is 18.3 Å². The van der Waals surface area contributed by atoms with E-state index >= 15 is 0 Å². The highest BCUT2D eigenvalue weighted by Crippen LogP contribution is 2.12. The molecule has 0 nitrogen and oxygen atoms in total. The Morgan fingerprint density at radius 3 is 2.86 bits per heavy atom. The monoisotopic (exact) mass is 130 g/mol. The van der Waals surface area contributed by atoms with Crippen LogP contribution >= 0.6 is 24.0 Å². The fourth-order valence-corrected chi connectivity index (χ4v) is 1.45. The maximum absolute atomic E-state index is 4.88. The standard InChI is InChI=1S/C5H6S2/c6-5-3-1-2-4-7-5/h1,3H,2,4H2. The highest BCUT2D eigenvalue weighted by molar-refractivity contribution is 8.23. The molecule has 0 N–H and O–H groups in total. The van der Waals surface area contributed by atoms with Gasteiger partial charge in [0, 0.05) is 5.75 Å². The molecule has 7 heavy (non-hydrogen) atoms. The van der Waals surface area contributed by atoms with Crippen molar-refractivity contribution in [1.82, 2.24) is 0 Å². The molecule has 0 saturated carbocycles. The lowest BCUT2D eigenvalue weighted by molar-refractivity contribution is 1.25. The summed E-state index contributed by atoms with van der Waals surface area (Å²) in [4.78, 5) is 0. The molecule has 0 saturated heterocycles. The van der Waals surface area contributed by atoms with Crippen LogP contribution in [0.1, 0.15) is 6.42 Å². The fraction of sp³-hybridized carbons (Fsp3) is 0.400. The summed E-state index contributed by atoms with van der Waals surface area (Å²) >= 11 is 6.64. The normalized spacial score (nSPS) is 20.3. The molecular weight excluding hydrogens is 124 g/mol. The van der Waals surface area contributed by atoms with Crippen molar-refractivity contribution in [1.29, 1.82) is 0 Å². The molecule has 2 heteroatoms. The van der Waals surface area contributed by atoms with E-state index in [-0.39, 0.29) is 0 Å². The Bertz CT molecular complexity index is 105. The van der Waals surface area contributed by atoms with Crippen molar-refractivity contribution in [3.8, 4) is 0 Å². The molecule has 0 fully saturated rings. The summed E-state index contributed by atoms with van der Waals surface area (Å²) in [5.74, 6) is 1.18. The van der Waals surface area contributed by atoms with E-state index in [2.05, 4.69) is 6.08 Å². The van der Waals surface area contributed by atoms with Crippen molar-refractivity contribution in [3.05, 3.63) is 12.2 Å². The van der Waals surface area contributed by atoms with Crippen LogP contribution in [-0.2, 0) is 0 Å². The molecule has 1 rings (SSSR count). The minimum Gasteiger partial charge on any atom is -0.114 e. The third kappa shape index (κ3) is 1.61. The van der Waals surface area contributed by atoms with Gasteiger partial charge < -0.3 is 0 Å². The second-order valence-electron chi connectivity index (χ2n) is 1.36. The van der Waals surface area contributed by atoms with Crippen molar-refractivity contribution < 1.29 is 0 Å². The number of rotatable bonds is 0. The summed E-state index contributed by atoms with van der Waals surface area (Å²) in [6.07, 6.45) is 5.31. The highest BCUT2D eigenvalue weighted by Gasteiger charge is 1.95. The molecule has 0 aromatic heterocycles. The molecule has 0 aliphatic carbocycles. The van der Waals surface area contributed by atoms with Crippen molar-refractivity contribution in [2.45, 2.75) is 6.42 Å². The Kier molecular flexibility index (Phi) is 1.88. The zero-order valence-corrected chi connectivity index (χ0v) is 5.52. The Morgan fingerprint density at radius 1 is 1.71 bits per heavy atom. The van der Waals surface area contributed by atoms with Crippen LogP contribution in [0.5, 0.6) is 0 Å². The zero-order chi connectivity index (χ0) is 5.11. The van der Waals surface area contributed by atoms with Crippen LogP contribution in [-0.4, -0.2) is 9.95 Å². The SMILES string of the molecule is S=C1C=CCCS1. The summed E-state index contributed by atoms with van der Waals surface area (Å²) in [6.45, 7) is 0. The summed E-state index contributed by atoms with van der Waals surface area (Å²) in [6, 6.07) is 0. The van der Waals surface area contributed by atoms with Gasteiger partial charge in [0.15, 0.2) is 0 Å². The van der Waals surface area contributed by atoms with E-state index in [0.717, 1.165) is 4.20 Å². The molecule has 0 radical (unpaired) electrons. The van der Waals surface area contributed by atoms with Gasteiger partial charge in [-0.3, -0.25) is 0 Å². The molecular formula is C5H6S2. The van der Waals surface area contributed by atoms with Gasteiger partial charge in [-0.2, -0.15) is 0 Å². The highest BCUT2D eigenvalue weighted by atomic mass is 32.2. The molecule has 0 aromatic carbocycles. The summed E-state index contributed by atoms with van der Waals surface area (Å²) in [5.41, 5.74) is 0. The van der Waals surface area contributed by atoms with Crippen LogP contribution in [0.4, 0.5) is 0 Å². The molecule has 38 valence electrons. The van der Waals surface area contributed by atoms with Crippen molar-refractivity contribution in [2.75, 3.05) is 5.75 Å². The number of allylic oxidation sites excluding steroid dienone is 1. The van der Waals surface area contributed by atoms with Crippen LogP contribution in [0.3, 0.4) is 0 Å². The van der Waals surface area contributed by atoms with Crippen LogP contribution in [0, 0.1) is 0 Å². The van der Waals surface area contributed by atoms with E-state index in [9.17, 15) is 0 Å². The first-order valence-electron chi connectivity index (χ1n) is 2.23. The quantitative estimate of drug-likeness (QED) is 0.460. The van der Waals surface area contributed by atoms with Gasteiger partial charge in [0.2, 0.25) is 0 Å². The van der Waals surface area contributed by atoms with Gasteiger partial charge in [-0.25, -0.2) is 0 Å². The van der Waals surface area contributed by atoms with Crippen molar-refractivity contribution in [3.63, 3.8) is 0 Å². The number of hydrogen-bond donors (Lipinski definition) is 0. The third-order valence-electron chi connectivity index (χ3n) is 0.783. The average Bonchev–Trinajstić information content (AvgIpc) is 1.69. The van der Waals surface area contributed by atoms with Gasteiger partial charge in [0.1, 0.15) is 0 Å². The van der Waals surface area contributed by atoms with Gasteiger partial charge in [0.05, 0.1) is 4.20 Å². The topological polar surface area (TPSA) is 0 Å². The molecule has 0 aromatic rings. The van der Waals surface area contributed by atoms with Crippen LogP contribution in [0.15, 0.2) is 12.2 Å². The van der Waals surface area contributed by atoms with Crippen LogP contribution in [0.2, 0.25) is 0 Å². The Labute approximate surface area is 53.0 Å². The van der Waals surface area contributed by atoms with E-state index in [4.69, 9.17) is 12.2 Å². The third-order valence-corrected chi connectivity index (χ3v) is 2.13. The summed E-state index contributed by atoms with van der Waals surface area (Å²) in [7, 11) is 0. The molecule has 1 aliphatic rings. The van der Waals surface area contributed by atoms with Crippen molar-refractivity contribution >= 4 is 28.2 Å². The second kappa shape index (κ2) is 2.48. The van der Waals surface area contributed by atoms with E-state index in [1.54, 1.807) is 11.8 Å². The predicted molar refractivity (Wildman–Crippen MR) is 38.8 cm³/mol. The van der Waals surface area contributed by atoms with Gasteiger partial charge in [-0.15, -0.1) is 11.8 Å². The maximum Gasteiger partial charge on any atom is 0.0702 e. The minimum atomic E-state index is 1.03. The second-order valence-corrected chi connectivity index (χ2v) is 3.19. The van der Waals surface area contributed by atoms with Crippen LogP contribution in [0.25, 0.3) is 0 Å². The maximum atomic E-state index is 4.88. The van der Waals surface area contributed by atoms with Gasteiger partial charge in [0.25, 0.3) is 0 Å². The van der Waals surface area contributed by atoms with Gasteiger partial charge in [-0.05, 0) is 12.5 Å². The summed E-state index contributed by atoms with van der Waals surface area (Å²) < 4.78 is 1.03. The predicted octanol–water partition coefficient (Wildman–Crippen LogP) is 2.01. The first kappa shape index (κ1) is 5.32. The largest absolute Gasteiger partial charge is 0.114 e. The fourth-order valence-electron chi connectivity index (χ4n) is 0.455. The van der Waals surface area contributed by atoms with E-state index < -0.39 is 0 Å². The molecule has 0 amide bonds. The first-order valence-corrected chi connectivity index (χ1v) is 3.62. The average molecular weight is 130 g/mol. The lowest BCUT2D eigenvalue weighted by Gasteiger charge is -1.99. The molecule has 1 aliphatic heterocycles. The Morgan fingerprint density at radius 2 is 2.57 bits per heavy atom. The molecule has 0 spiro atoms. The minimum absolute atomic E-state index is 1.03. The molecule has 0 atom stereocenters. The number of thiocarbonyl (C=S) groups is 1. The zero-order valence-electron chi connectivity index (χ0n) is 3.89. The molecule has 0 unspecified atom stereocenters. The van der Waals surface area contributed by atoms with E-state index in [1.807, 2.05) is 6.08 Å². The smallest absolute Gasteiger partial charge is 0.0702 e. The van der Waals surface area contributed by atoms with E-state index in [0.29, 0.717) is 0 Å². The van der Waals surface area contributed by atoms with E-state index in [1.165, 1.54) is 12.2 Å².